The standard InChI is InChI=1S/C21H21ClN4O2/c1-27-19-8-5-15(21(25-19)28-2)12-26-10-9-18-16(13-26)11-23-20(24-18)14-3-6-17(22)7-4-14/h3-8,11H,9-10,12-13H2,1-2H3. The van der Waals surface area contributed by atoms with E-state index in [4.69, 9.17) is 26.1 Å². The molecule has 1 aliphatic heterocycles. The summed E-state index contributed by atoms with van der Waals surface area (Å²) in [7, 11) is 3.23. The zero-order valence-electron chi connectivity index (χ0n) is 15.9. The summed E-state index contributed by atoms with van der Waals surface area (Å²) < 4.78 is 10.6. The van der Waals surface area contributed by atoms with Crippen LogP contribution in [0.1, 0.15) is 16.8 Å². The van der Waals surface area contributed by atoms with Crippen molar-refractivity contribution in [3.05, 3.63) is 64.4 Å². The first-order valence-electron chi connectivity index (χ1n) is 9.07. The minimum atomic E-state index is 0.549. The molecule has 1 aromatic carbocycles. The van der Waals surface area contributed by atoms with E-state index in [0.717, 1.165) is 54.3 Å². The highest BCUT2D eigenvalue weighted by atomic mass is 35.5. The van der Waals surface area contributed by atoms with Gasteiger partial charge in [0.05, 0.1) is 19.9 Å². The molecule has 3 heterocycles. The molecule has 2 aromatic heterocycles. The van der Waals surface area contributed by atoms with Crippen LogP contribution in [0, 0.1) is 0 Å². The van der Waals surface area contributed by atoms with Gasteiger partial charge in [-0.3, -0.25) is 4.90 Å². The van der Waals surface area contributed by atoms with Gasteiger partial charge in [0.2, 0.25) is 11.8 Å². The van der Waals surface area contributed by atoms with Crippen molar-refractivity contribution in [3.63, 3.8) is 0 Å². The van der Waals surface area contributed by atoms with Gasteiger partial charge >= 0.3 is 0 Å². The van der Waals surface area contributed by atoms with Crippen LogP contribution in [-0.4, -0.2) is 40.6 Å². The van der Waals surface area contributed by atoms with Gasteiger partial charge in [-0.15, -0.1) is 0 Å². The van der Waals surface area contributed by atoms with Gasteiger partial charge in [-0.2, -0.15) is 4.98 Å². The highest BCUT2D eigenvalue weighted by molar-refractivity contribution is 6.30. The minimum absolute atomic E-state index is 0.549. The summed E-state index contributed by atoms with van der Waals surface area (Å²) >= 11 is 5.97. The lowest BCUT2D eigenvalue weighted by molar-refractivity contribution is 0.237. The molecular formula is C21H21ClN4O2. The lowest BCUT2D eigenvalue weighted by Gasteiger charge is -2.28. The Morgan fingerprint density at radius 3 is 2.61 bits per heavy atom. The molecule has 0 amide bonds. The first-order chi connectivity index (χ1) is 13.7. The zero-order chi connectivity index (χ0) is 19.5. The second-order valence-electron chi connectivity index (χ2n) is 6.66. The molecule has 0 saturated carbocycles. The molecule has 0 fully saturated rings. The predicted octanol–water partition coefficient (Wildman–Crippen LogP) is 3.77. The molecule has 0 N–H and O–H groups in total. The summed E-state index contributed by atoms with van der Waals surface area (Å²) in [5.74, 6) is 1.89. The van der Waals surface area contributed by atoms with E-state index in [2.05, 4.69) is 14.9 Å². The number of hydrogen-bond acceptors (Lipinski definition) is 6. The SMILES string of the molecule is COc1ccc(CN2CCc3nc(-c4ccc(Cl)cc4)ncc3C2)c(OC)n1. The predicted molar refractivity (Wildman–Crippen MR) is 108 cm³/mol. The third-order valence-electron chi connectivity index (χ3n) is 4.83. The van der Waals surface area contributed by atoms with Gasteiger partial charge in [0.1, 0.15) is 0 Å². The van der Waals surface area contributed by atoms with E-state index >= 15 is 0 Å². The van der Waals surface area contributed by atoms with Crippen LogP contribution in [0.15, 0.2) is 42.6 Å². The number of ether oxygens (including phenoxy) is 2. The van der Waals surface area contributed by atoms with E-state index in [-0.39, 0.29) is 0 Å². The molecule has 4 rings (SSSR count). The molecule has 0 unspecified atom stereocenters. The first kappa shape index (κ1) is 18.7. The Bertz CT molecular complexity index is 979. The van der Waals surface area contributed by atoms with Crippen molar-refractivity contribution in [2.45, 2.75) is 19.5 Å². The molecule has 0 radical (unpaired) electrons. The lowest BCUT2D eigenvalue weighted by Crippen LogP contribution is -2.31. The quantitative estimate of drug-likeness (QED) is 0.654. The van der Waals surface area contributed by atoms with Gasteiger partial charge in [-0.05, 0) is 30.3 Å². The van der Waals surface area contributed by atoms with Crippen LogP contribution in [0.2, 0.25) is 5.02 Å². The van der Waals surface area contributed by atoms with E-state index in [1.165, 1.54) is 0 Å². The van der Waals surface area contributed by atoms with Crippen molar-refractivity contribution >= 4 is 11.6 Å². The van der Waals surface area contributed by atoms with Crippen LogP contribution >= 0.6 is 11.6 Å². The molecule has 0 bridgehead atoms. The Balaban J connectivity index is 1.50. The molecule has 1 aliphatic rings. The summed E-state index contributed by atoms with van der Waals surface area (Å²) in [6, 6.07) is 11.5. The van der Waals surface area contributed by atoms with Crippen molar-refractivity contribution < 1.29 is 9.47 Å². The minimum Gasteiger partial charge on any atom is -0.481 e. The largest absolute Gasteiger partial charge is 0.481 e. The van der Waals surface area contributed by atoms with Crippen LogP contribution < -0.4 is 9.47 Å². The normalized spacial score (nSPS) is 13.8. The van der Waals surface area contributed by atoms with E-state index in [1.807, 2.05) is 42.6 Å². The molecular weight excluding hydrogens is 376 g/mol. The van der Waals surface area contributed by atoms with Crippen molar-refractivity contribution in [1.29, 1.82) is 0 Å². The van der Waals surface area contributed by atoms with E-state index in [0.29, 0.717) is 16.8 Å². The fraction of sp³-hybridized carbons (Fsp3) is 0.286. The number of pyridine rings is 1. The Morgan fingerprint density at radius 2 is 1.86 bits per heavy atom. The second-order valence-corrected chi connectivity index (χ2v) is 7.09. The van der Waals surface area contributed by atoms with Crippen LogP contribution in [0.4, 0.5) is 0 Å². The Hall–Kier alpha value is -2.70. The number of fused-ring (bicyclic) bond motifs is 1. The molecule has 0 spiro atoms. The molecule has 28 heavy (non-hydrogen) atoms. The van der Waals surface area contributed by atoms with Gasteiger partial charge in [0, 0.05) is 60.0 Å². The zero-order valence-corrected chi connectivity index (χ0v) is 16.6. The number of nitrogens with zero attached hydrogens (tertiary/aromatic N) is 4. The molecule has 0 saturated heterocycles. The Labute approximate surface area is 169 Å². The first-order valence-corrected chi connectivity index (χ1v) is 9.45. The van der Waals surface area contributed by atoms with Gasteiger partial charge in [0.25, 0.3) is 0 Å². The van der Waals surface area contributed by atoms with E-state index < -0.39 is 0 Å². The molecule has 6 nitrogen and oxygen atoms in total. The summed E-state index contributed by atoms with van der Waals surface area (Å²) in [6.45, 7) is 2.46. The molecule has 144 valence electrons. The topological polar surface area (TPSA) is 60.4 Å². The molecule has 0 atom stereocenters. The van der Waals surface area contributed by atoms with Crippen LogP contribution in [0.3, 0.4) is 0 Å². The Morgan fingerprint density at radius 1 is 1.04 bits per heavy atom. The summed E-state index contributed by atoms with van der Waals surface area (Å²) in [5.41, 5.74) is 4.27. The molecule has 7 heteroatoms. The summed E-state index contributed by atoms with van der Waals surface area (Å²) in [4.78, 5) is 16.0. The number of methoxy groups -OCH3 is 2. The van der Waals surface area contributed by atoms with Gasteiger partial charge in [0.15, 0.2) is 5.82 Å². The lowest BCUT2D eigenvalue weighted by atomic mass is 10.1. The van der Waals surface area contributed by atoms with Crippen molar-refractivity contribution in [2.24, 2.45) is 0 Å². The van der Waals surface area contributed by atoms with Crippen LogP contribution in [0.5, 0.6) is 11.8 Å². The van der Waals surface area contributed by atoms with Crippen LogP contribution in [0.25, 0.3) is 11.4 Å². The number of halogens is 1. The second kappa shape index (κ2) is 8.12. The maximum Gasteiger partial charge on any atom is 0.220 e. The molecule has 3 aromatic rings. The third-order valence-corrected chi connectivity index (χ3v) is 5.08. The van der Waals surface area contributed by atoms with E-state index in [9.17, 15) is 0 Å². The highest BCUT2D eigenvalue weighted by Crippen LogP contribution is 2.26. The number of benzene rings is 1. The fourth-order valence-corrected chi connectivity index (χ4v) is 3.48. The number of rotatable bonds is 5. The Kier molecular flexibility index (Phi) is 5.41. The average molecular weight is 397 g/mol. The third kappa shape index (κ3) is 3.93. The monoisotopic (exact) mass is 396 g/mol. The van der Waals surface area contributed by atoms with Gasteiger partial charge < -0.3 is 9.47 Å². The maximum absolute atomic E-state index is 5.97. The highest BCUT2D eigenvalue weighted by Gasteiger charge is 2.20. The maximum atomic E-state index is 5.97. The van der Waals surface area contributed by atoms with Gasteiger partial charge in [-0.1, -0.05) is 11.6 Å². The smallest absolute Gasteiger partial charge is 0.220 e. The number of hydrogen-bond donors (Lipinski definition) is 0. The summed E-state index contributed by atoms with van der Waals surface area (Å²) in [5, 5.41) is 0.709. The average Bonchev–Trinajstić information content (AvgIpc) is 2.74. The van der Waals surface area contributed by atoms with E-state index in [1.54, 1.807) is 14.2 Å². The van der Waals surface area contributed by atoms with Crippen molar-refractivity contribution in [1.82, 2.24) is 19.9 Å². The van der Waals surface area contributed by atoms with Crippen molar-refractivity contribution in [3.8, 4) is 23.1 Å². The van der Waals surface area contributed by atoms with Crippen LogP contribution in [-0.2, 0) is 19.5 Å². The summed E-state index contributed by atoms with van der Waals surface area (Å²) in [6.07, 6.45) is 2.81. The molecule has 0 aliphatic carbocycles. The van der Waals surface area contributed by atoms with Gasteiger partial charge in [-0.25, -0.2) is 9.97 Å². The fourth-order valence-electron chi connectivity index (χ4n) is 3.35. The number of aromatic nitrogens is 3. The van der Waals surface area contributed by atoms with Crippen molar-refractivity contribution in [2.75, 3.05) is 20.8 Å².